The first-order valence-corrected chi connectivity index (χ1v) is 30.5. The van der Waals surface area contributed by atoms with Gasteiger partial charge in [-0.3, -0.25) is 0 Å². The molecule has 11 rings (SSSR count). The van der Waals surface area contributed by atoms with Crippen LogP contribution in [0.2, 0.25) is 0 Å². The van der Waals surface area contributed by atoms with Gasteiger partial charge < -0.3 is 0 Å². The highest BCUT2D eigenvalue weighted by Crippen LogP contribution is 2.42. The molecule has 0 aliphatic heterocycles. The van der Waals surface area contributed by atoms with Gasteiger partial charge in [-0.15, -0.1) is 0 Å². The molecule has 0 aromatic heterocycles. The summed E-state index contributed by atoms with van der Waals surface area (Å²) in [4.78, 5) is 0. The molecule has 0 atom stereocenters. The average molecular weight is 865 g/mol. The van der Waals surface area contributed by atoms with Gasteiger partial charge in [0.15, 0.2) is 0 Å². The molecule has 0 saturated carbocycles. The van der Waals surface area contributed by atoms with E-state index in [2.05, 4.69) is 279 Å². The first-order chi connectivity index (χ1) is 31.8. The maximum Gasteiger partial charge on any atom is 0.148 e. The highest BCUT2D eigenvalue weighted by Gasteiger charge is 2.72. The zero-order valence-electron chi connectivity index (χ0n) is 35.8. The maximum atomic E-state index is 2.65. The van der Waals surface area contributed by atoms with Crippen molar-refractivity contribution < 1.29 is 0 Å². The Balaban J connectivity index is 1.40. The van der Waals surface area contributed by atoms with Crippen molar-refractivity contribution in [1.29, 1.82) is 0 Å². The van der Waals surface area contributed by atoms with Gasteiger partial charge in [-0.05, 0) is 39.8 Å². The fraction of sp³-hybridized carbons (Fsp3) is 0.0164. The van der Waals surface area contributed by atoms with Crippen LogP contribution in [0.4, 0.5) is 0 Å². The molecule has 0 fully saturated rings. The predicted molar refractivity (Wildman–Crippen MR) is 280 cm³/mol. The number of hydrogen-bond donors (Lipinski definition) is 0. The van der Waals surface area contributed by atoms with Crippen LogP contribution in [-0.4, -0.2) is 22.3 Å². The van der Waals surface area contributed by atoms with E-state index < -0.39 is 22.3 Å². The molecule has 0 nitrogen and oxygen atoms in total. The molecule has 0 saturated heterocycles. The summed E-state index contributed by atoms with van der Waals surface area (Å²) in [7, 11) is -10.2. The maximum absolute atomic E-state index is 3.47. The van der Waals surface area contributed by atoms with E-state index >= 15 is 0 Å². The van der Waals surface area contributed by atoms with Crippen molar-refractivity contribution in [3.05, 3.63) is 290 Å². The van der Waals surface area contributed by atoms with Crippen LogP contribution in [0.1, 0.15) is 11.1 Å². The normalized spacial score (nSPS) is 12.3. The van der Waals surface area contributed by atoms with E-state index in [0.29, 0.717) is 0 Å². The van der Waals surface area contributed by atoms with Crippen molar-refractivity contribution in [3.63, 3.8) is 0 Å². The van der Waals surface area contributed by atoms with E-state index in [1.165, 1.54) is 74.9 Å². The highest BCUT2D eigenvalue weighted by molar-refractivity contribution is 7.89. The van der Waals surface area contributed by atoms with E-state index in [9.17, 15) is 0 Å². The van der Waals surface area contributed by atoms with Crippen molar-refractivity contribution in [2.75, 3.05) is 0 Å². The topological polar surface area (TPSA) is 0 Å². The summed E-state index contributed by atoms with van der Waals surface area (Å²) in [5, 5.41) is 11.5. The molecule has 0 unspecified atom stereocenters. The highest BCUT2D eigenvalue weighted by atomic mass is 29.6. The monoisotopic (exact) mass is 864 g/mol. The quantitative estimate of drug-likeness (QED) is 0.0901. The number of fused-ring (bicyclic) bond motifs is 3. The molecule has 0 bridgehead atoms. The molecule has 304 valence electrons. The van der Waals surface area contributed by atoms with Crippen LogP contribution in [0.15, 0.2) is 279 Å². The third kappa shape index (κ3) is 6.07. The Morgan fingerprint density at radius 1 is 0.234 bits per heavy atom. The SMILES string of the molecule is c1ccc([Si](c2ccccc2)(c2ccccc2)[Si](c2ccccc2)(c2ccccc2)[Si](c2ccccc2)(c2ccccc2)c2cccc(-c3cccc4c3Cc3ccccc3-4)c2)cc1. The molecule has 0 amide bonds. The van der Waals surface area contributed by atoms with Crippen molar-refractivity contribution in [2.24, 2.45) is 0 Å². The second kappa shape index (κ2) is 16.9. The molecule has 0 heterocycles. The van der Waals surface area contributed by atoms with Gasteiger partial charge in [0, 0.05) is 0 Å². The van der Waals surface area contributed by atoms with E-state index in [1.54, 1.807) is 0 Å². The fourth-order valence-corrected chi connectivity index (χ4v) is 57.1. The van der Waals surface area contributed by atoms with Crippen LogP contribution in [0.3, 0.4) is 0 Å². The molecule has 10 aromatic carbocycles. The minimum Gasteiger partial charge on any atom is -0.0631 e. The third-order valence-electron chi connectivity index (χ3n) is 14.0. The standard InChI is InChI=1S/C61H48Si3/c1-8-28-50(29-9-1)62(51-30-10-2-11-31-51,52-32-12-3-13-33-52)64(55-38-18-6-19-39-55,56-40-20-7-21-41-56)63(53-34-14-4-15-35-53,54-36-16-5-17-37-54)57-42-24-27-48(46-57)59-44-25-45-60-58-43-23-22-26-49(58)47-61(59)60/h1-46H,47H2. The summed E-state index contributed by atoms with van der Waals surface area (Å²) >= 11 is 0. The van der Waals surface area contributed by atoms with Gasteiger partial charge in [0.1, 0.15) is 22.3 Å². The van der Waals surface area contributed by atoms with Crippen molar-refractivity contribution >= 4 is 63.8 Å². The minimum atomic E-state index is -3.47. The van der Waals surface area contributed by atoms with E-state index in [-0.39, 0.29) is 0 Å². The lowest BCUT2D eigenvalue weighted by Crippen LogP contribution is -3.04. The summed E-state index contributed by atoms with van der Waals surface area (Å²) in [6.07, 6.45) is 0.935. The van der Waals surface area contributed by atoms with Crippen LogP contribution in [0.25, 0.3) is 22.3 Å². The van der Waals surface area contributed by atoms with Crippen molar-refractivity contribution in [2.45, 2.75) is 6.42 Å². The Kier molecular flexibility index (Phi) is 10.4. The fourth-order valence-electron chi connectivity index (χ4n) is 11.8. The lowest BCUT2D eigenvalue weighted by Gasteiger charge is -2.59. The second-order valence-corrected chi connectivity index (χ2v) is 36.7. The Labute approximate surface area is 380 Å². The van der Waals surface area contributed by atoms with E-state index in [0.717, 1.165) is 6.42 Å². The van der Waals surface area contributed by atoms with Gasteiger partial charge in [-0.25, -0.2) is 0 Å². The number of hydrogen-bond acceptors (Lipinski definition) is 0. The molecule has 64 heavy (non-hydrogen) atoms. The van der Waals surface area contributed by atoms with Gasteiger partial charge in [-0.1, -0.05) is 321 Å². The van der Waals surface area contributed by atoms with Crippen LogP contribution >= 0.6 is 0 Å². The van der Waals surface area contributed by atoms with Gasteiger partial charge in [0.2, 0.25) is 0 Å². The second-order valence-electron chi connectivity index (χ2n) is 17.1. The number of benzene rings is 10. The van der Waals surface area contributed by atoms with E-state index in [4.69, 9.17) is 0 Å². The van der Waals surface area contributed by atoms with Crippen LogP contribution in [0, 0.1) is 0 Å². The Morgan fingerprint density at radius 3 is 0.984 bits per heavy atom. The zero-order chi connectivity index (χ0) is 42.8. The van der Waals surface area contributed by atoms with Gasteiger partial charge in [0.05, 0.1) is 0 Å². The molecule has 1 aliphatic rings. The summed E-state index contributed by atoms with van der Waals surface area (Å²) in [5.74, 6) is 0. The average Bonchev–Trinajstić information content (AvgIpc) is 3.78. The van der Waals surface area contributed by atoms with Crippen LogP contribution in [-0.2, 0) is 6.42 Å². The van der Waals surface area contributed by atoms with Crippen molar-refractivity contribution in [1.82, 2.24) is 0 Å². The van der Waals surface area contributed by atoms with Crippen LogP contribution < -0.4 is 41.5 Å². The van der Waals surface area contributed by atoms with Crippen LogP contribution in [0.5, 0.6) is 0 Å². The minimum absolute atomic E-state index is 0.935. The summed E-state index contributed by atoms with van der Waals surface area (Å²) in [6, 6.07) is 109. The molecule has 3 heteroatoms. The first kappa shape index (κ1) is 39.7. The first-order valence-electron chi connectivity index (χ1n) is 22.5. The van der Waals surface area contributed by atoms with Crippen molar-refractivity contribution in [3.8, 4) is 22.3 Å². The summed E-state index contributed by atoms with van der Waals surface area (Å²) in [5.41, 5.74) is 8.14. The molecule has 10 aromatic rings. The van der Waals surface area contributed by atoms with Gasteiger partial charge in [-0.2, -0.15) is 0 Å². The Hall–Kier alpha value is -7.15. The molecule has 1 aliphatic carbocycles. The molecule has 0 N–H and O–H groups in total. The lowest BCUT2D eigenvalue weighted by molar-refractivity contribution is 1.26. The molecule has 0 radical (unpaired) electrons. The lowest BCUT2D eigenvalue weighted by atomic mass is 9.96. The largest absolute Gasteiger partial charge is 0.148 e. The van der Waals surface area contributed by atoms with Gasteiger partial charge >= 0.3 is 0 Å². The van der Waals surface area contributed by atoms with E-state index in [1.807, 2.05) is 0 Å². The Morgan fingerprint density at radius 2 is 0.547 bits per heavy atom. The Bertz CT molecular complexity index is 2980. The summed E-state index contributed by atoms with van der Waals surface area (Å²) in [6.45, 7) is 0. The molecule has 0 spiro atoms. The van der Waals surface area contributed by atoms with Gasteiger partial charge in [0.25, 0.3) is 0 Å². The zero-order valence-corrected chi connectivity index (χ0v) is 38.8. The smallest absolute Gasteiger partial charge is 0.0631 e. The third-order valence-corrected chi connectivity index (χ3v) is 48.0. The molecular weight excluding hydrogens is 817 g/mol. The number of rotatable bonds is 11. The predicted octanol–water partition coefficient (Wildman–Crippen LogP) is 8.99. The summed E-state index contributed by atoms with van der Waals surface area (Å²) < 4.78 is 0. The molecular formula is C61H48Si3.